The Hall–Kier alpha value is -5.24. The standard InChI is InChI=1S/C42H26S/c1-2-11-27(12-3-1)30-23-24-36-39(26-30)43-38-20-10-19-37(42(36)38)41-34-17-8-6-15-32(34)40(33-16-7-9-18-35(33)41)31-22-21-28-13-4-5-14-29(28)25-31/h1-26H/i4D. The molecule has 8 aromatic carbocycles. The molecule has 43 heavy (non-hydrogen) atoms. The Labute approximate surface area is 255 Å². The molecular weight excluding hydrogens is 537 g/mol. The molecule has 0 atom stereocenters. The van der Waals surface area contributed by atoms with Crippen LogP contribution in [0.3, 0.4) is 0 Å². The molecule has 1 aromatic heterocycles. The van der Waals surface area contributed by atoms with Crippen LogP contribution in [0.25, 0.3) is 85.9 Å². The van der Waals surface area contributed by atoms with E-state index >= 15 is 0 Å². The predicted octanol–water partition coefficient (Wildman–Crippen LogP) is 12.5. The minimum absolute atomic E-state index is 0.539. The lowest BCUT2D eigenvalue weighted by Crippen LogP contribution is -1.91. The summed E-state index contributed by atoms with van der Waals surface area (Å²) in [7, 11) is 0. The highest BCUT2D eigenvalue weighted by molar-refractivity contribution is 7.26. The van der Waals surface area contributed by atoms with E-state index in [0.29, 0.717) is 6.04 Å². The molecule has 1 heterocycles. The second-order valence-electron chi connectivity index (χ2n) is 11.2. The lowest BCUT2D eigenvalue weighted by molar-refractivity contribution is 1.66. The smallest absolute Gasteiger partial charge is 0.0623 e. The van der Waals surface area contributed by atoms with Crippen molar-refractivity contribution in [2.45, 2.75) is 0 Å². The van der Waals surface area contributed by atoms with Crippen LogP contribution in [-0.2, 0) is 0 Å². The van der Waals surface area contributed by atoms with Gasteiger partial charge in [-0.2, -0.15) is 0 Å². The number of fused-ring (bicyclic) bond motifs is 6. The molecule has 9 aromatic rings. The summed E-state index contributed by atoms with van der Waals surface area (Å²) in [4.78, 5) is 0. The molecule has 0 amide bonds. The Morgan fingerprint density at radius 2 is 1.09 bits per heavy atom. The lowest BCUT2D eigenvalue weighted by Gasteiger charge is -2.18. The van der Waals surface area contributed by atoms with Crippen LogP contribution in [0.2, 0.25) is 0 Å². The molecule has 0 nitrogen and oxygen atoms in total. The van der Waals surface area contributed by atoms with Crippen LogP contribution in [0.5, 0.6) is 0 Å². The van der Waals surface area contributed by atoms with Crippen molar-refractivity contribution in [1.29, 1.82) is 0 Å². The maximum Gasteiger partial charge on any atom is 0.0623 e. The van der Waals surface area contributed by atoms with Gasteiger partial charge in [0.2, 0.25) is 0 Å². The molecule has 0 fully saturated rings. The van der Waals surface area contributed by atoms with Crippen LogP contribution in [0.15, 0.2) is 158 Å². The fourth-order valence-electron chi connectivity index (χ4n) is 6.86. The summed E-state index contributed by atoms with van der Waals surface area (Å²) in [5.41, 5.74) is 7.52. The first-order chi connectivity index (χ1) is 21.7. The van der Waals surface area contributed by atoms with Crippen LogP contribution in [-0.4, -0.2) is 0 Å². The fourth-order valence-corrected chi connectivity index (χ4v) is 8.03. The van der Waals surface area contributed by atoms with Crippen LogP contribution >= 0.6 is 11.3 Å². The summed E-state index contributed by atoms with van der Waals surface area (Å²) < 4.78 is 10.7. The van der Waals surface area contributed by atoms with Gasteiger partial charge in [-0.15, -0.1) is 11.3 Å². The Bertz CT molecular complexity index is 2500. The van der Waals surface area contributed by atoms with Gasteiger partial charge in [-0.05, 0) is 83.9 Å². The molecule has 0 spiro atoms. The van der Waals surface area contributed by atoms with Gasteiger partial charge in [-0.1, -0.05) is 140 Å². The fraction of sp³-hybridized carbons (Fsp3) is 0. The van der Waals surface area contributed by atoms with Crippen molar-refractivity contribution in [3.63, 3.8) is 0 Å². The molecule has 9 rings (SSSR count). The highest BCUT2D eigenvalue weighted by Crippen LogP contribution is 2.48. The van der Waals surface area contributed by atoms with E-state index in [2.05, 4.69) is 140 Å². The molecular formula is C42H26S. The lowest BCUT2D eigenvalue weighted by atomic mass is 9.84. The molecule has 0 aliphatic heterocycles. The van der Waals surface area contributed by atoms with Crippen molar-refractivity contribution in [3.8, 4) is 33.4 Å². The van der Waals surface area contributed by atoms with Gasteiger partial charge in [0.05, 0.1) is 1.37 Å². The molecule has 0 saturated carbocycles. The Balaban J connectivity index is 1.35. The average molecular weight is 564 g/mol. The van der Waals surface area contributed by atoms with Crippen LogP contribution in [0.1, 0.15) is 1.37 Å². The number of hydrogen-bond acceptors (Lipinski definition) is 1. The van der Waals surface area contributed by atoms with Gasteiger partial charge in [0, 0.05) is 20.2 Å². The van der Waals surface area contributed by atoms with Gasteiger partial charge in [0.15, 0.2) is 0 Å². The van der Waals surface area contributed by atoms with Crippen LogP contribution in [0, 0.1) is 0 Å². The quantitative estimate of drug-likeness (QED) is 0.188. The zero-order chi connectivity index (χ0) is 29.2. The molecule has 0 aliphatic carbocycles. The largest absolute Gasteiger partial charge is 0.135 e. The van der Waals surface area contributed by atoms with E-state index in [-0.39, 0.29) is 0 Å². The molecule has 0 radical (unpaired) electrons. The van der Waals surface area contributed by atoms with Gasteiger partial charge >= 0.3 is 0 Å². The minimum Gasteiger partial charge on any atom is -0.135 e. The molecule has 0 bridgehead atoms. The highest BCUT2D eigenvalue weighted by Gasteiger charge is 2.19. The van der Waals surface area contributed by atoms with Crippen molar-refractivity contribution in [2.24, 2.45) is 0 Å². The molecule has 0 N–H and O–H groups in total. The zero-order valence-electron chi connectivity index (χ0n) is 24.3. The number of hydrogen-bond donors (Lipinski definition) is 0. The summed E-state index contributed by atoms with van der Waals surface area (Å²) in [6, 6.07) is 55.2. The van der Waals surface area contributed by atoms with Crippen LogP contribution in [0.4, 0.5) is 0 Å². The first kappa shape index (κ1) is 23.3. The van der Waals surface area contributed by atoms with E-state index in [0.717, 1.165) is 10.8 Å². The van der Waals surface area contributed by atoms with E-state index < -0.39 is 0 Å². The Morgan fingerprint density at radius 1 is 0.395 bits per heavy atom. The van der Waals surface area contributed by atoms with Crippen molar-refractivity contribution in [3.05, 3.63) is 158 Å². The molecule has 0 unspecified atom stereocenters. The van der Waals surface area contributed by atoms with Crippen molar-refractivity contribution in [1.82, 2.24) is 0 Å². The molecule has 0 saturated heterocycles. The molecule has 1 heteroatoms. The summed E-state index contributed by atoms with van der Waals surface area (Å²) in [5, 5.41) is 9.90. The van der Waals surface area contributed by atoms with Gasteiger partial charge in [0.25, 0.3) is 0 Å². The first-order valence-corrected chi connectivity index (χ1v) is 15.5. The SMILES string of the molecule is [2H]c1ccc2cc(-c3c4ccccc4c(-c4cccc5sc6cc(-c7ccccc7)ccc6c45)c4ccccc34)ccc2c1. The summed E-state index contributed by atoms with van der Waals surface area (Å²) in [6.07, 6.45) is 0. The van der Waals surface area contributed by atoms with E-state index in [4.69, 9.17) is 1.37 Å². The molecule has 0 aliphatic rings. The van der Waals surface area contributed by atoms with Crippen molar-refractivity contribution >= 4 is 63.8 Å². The summed E-state index contributed by atoms with van der Waals surface area (Å²) >= 11 is 1.88. The summed E-state index contributed by atoms with van der Waals surface area (Å²) in [6.45, 7) is 0. The van der Waals surface area contributed by atoms with Gasteiger partial charge in [-0.25, -0.2) is 0 Å². The van der Waals surface area contributed by atoms with E-state index in [1.807, 2.05) is 23.5 Å². The third kappa shape index (κ3) is 3.82. The monoisotopic (exact) mass is 563 g/mol. The predicted molar refractivity (Wildman–Crippen MR) is 188 cm³/mol. The second-order valence-corrected chi connectivity index (χ2v) is 12.3. The van der Waals surface area contributed by atoms with E-state index in [1.54, 1.807) is 0 Å². The number of rotatable bonds is 3. The zero-order valence-corrected chi connectivity index (χ0v) is 24.2. The topological polar surface area (TPSA) is 0 Å². The van der Waals surface area contributed by atoms with Crippen molar-refractivity contribution in [2.75, 3.05) is 0 Å². The minimum atomic E-state index is 0.539. The van der Waals surface area contributed by atoms with E-state index in [1.165, 1.54) is 75.1 Å². The number of benzene rings is 8. The Morgan fingerprint density at radius 3 is 1.86 bits per heavy atom. The normalized spacial score (nSPS) is 12.0. The maximum atomic E-state index is 8.06. The van der Waals surface area contributed by atoms with Gasteiger partial charge < -0.3 is 0 Å². The second kappa shape index (κ2) is 9.66. The highest BCUT2D eigenvalue weighted by atomic mass is 32.1. The van der Waals surface area contributed by atoms with Gasteiger partial charge in [0.1, 0.15) is 0 Å². The van der Waals surface area contributed by atoms with E-state index in [9.17, 15) is 0 Å². The van der Waals surface area contributed by atoms with Gasteiger partial charge in [-0.3, -0.25) is 0 Å². The third-order valence-electron chi connectivity index (χ3n) is 8.78. The third-order valence-corrected chi connectivity index (χ3v) is 9.90. The summed E-state index contributed by atoms with van der Waals surface area (Å²) in [5.74, 6) is 0. The average Bonchev–Trinajstić information content (AvgIpc) is 3.46. The van der Waals surface area contributed by atoms with Crippen LogP contribution < -0.4 is 0 Å². The Kier molecular flexibility index (Phi) is 5.24. The first-order valence-electron chi connectivity index (χ1n) is 15.2. The number of thiophene rings is 1. The maximum absolute atomic E-state index is 8.06. The van der Waals surface area contributed by atoms with Crippen molar-refractivity contribution < 1.29 is 1.37 Å². The molecule has 200 valence electrons.